The molecule has 5 nitrogen and oxygen atoms in total. The van der Waals surface area contributed by atoms with Gasteiger partial charge in [0, 0.05) is 11.3 Å². The first-order chi connectivity index (χ1) is 11.2. The standard InChI is InChI=1S/C18H14N4O/c1-2-17(23)20-14-9-7-13(8-10-14)18-21-15-5-3-4-6-16(15)22(18)12-11-19/h2-10H,1,12H2,(H,20,23). The zero-order chi connectivity index (χ0) is 16.2. The number of nitriles is 1. The van der Waals surface area contributed by atoms with Crippen LogP contribution in [0.1, 0.15) is 0 Å². The molecule has 0 aliphatic heterocycles. The van der Waals surface area contributed by atoms with E-state index in [4.69, 9.17) is 5.26 Å². The Morgan fingerprint density at radius 3 is 2.70 bits per heavy atom. The van der Waals surface area contributed by atoms with Crippen LogP contribution in [-0.4, -0.2) is 15.5 Å². The summed E-state index contributed by atoms with van der Waals surface area (Å²) < 4.78 is 1.88. The molecule has 3 aromatic rings. The summed E-state index contributed by atoms with van der Waals surface area (Å²) in [6.07, 6.45) is 1.22. The first-order valence-electron chi connectivity index (χ1n) is 7.09. The molecule has 0 saturated heterocycles. The average Bonchev–Trinajstić information content (AvgIpc) is 2.95. The quantitative estimate of drug-likeness (QED) is 0.751. The molecule has 112 valence electrons. The summed E-state index contributed by atoms with van der Waals surface area (Å²) in [5.74, 6) is 0.476. The number of nitrogens with one attached hydrogen (secondary N) is 1. The predicted octanol–water partition coefficient (Wildman–Crippen LogP) is 3.35. The Labute approximate surface area is 133 Å². The van der Waals surface area contributed by atoms with Gasteiger partial charge in [-0.3, -0.25) is 4.79 Å². The molecule has 0 saturated carbocycles. The maximum atomic E-state index is 11.3. The summed E-state index contributed by atoms with van der Waals surface area (Å²) in [4.78, 5) is 15.9. The lowest BCUT2D eigenvalue weighted by atomic mass is 10.2. The first-order valence-corrected chi connectivity index (χ1v) is 7.09. The molecule has 0 bridgehead atoms. The highest BCUT2D eigenvalue weighted by atomic mass is 16.1. The van der Waals surface area contributed by atoms with E-state index >= 15 is 0 Å². The van der Waals surface area contributed by atoms with Crippen LogP contribution >= 0.6 is 0 Å². The molecule has 0 atom stereocenters. The largest absolute Gasteiger partial charge is 0.323 e. The van der Waals surface area contributed by atoms with E-state index in [9.17, 15) is 4.79 Å². The van der Waals surface area contributed by atoms with Crippen LogP contribution in [0.4, 0.5) is 5.69 Å². The monoisotopic (exact) mass is 302 g/mol. The summed E-state index contributed by atoms with van der Waals surface area (Å²) in [6.45, 7) is 3.65. The van der Waals surface area contributed by atoms with Gasteiger partial charge in [0.1, 0.15) is 12.4 Å². The van der Waals surface area contributed by atoms with Crippen molar-refractivity contribution >= 4 is 22.6 Å². The minimum Gasteiger partial charge on any atom is -0.323 e. The van der Waals surface area contributed by atoms with Crippen LogP contribution in [0.3, 0.4) is 0 Å². The van der Waals surface area contributed by atoms with Crippen molar-refractivity contribution < 1.29 is 4.79 Å². The number of benzene rings is 2. The molecule has 0 unspecified atom stereocenters. The third-order valence-corrected chi connectivity index (χ3v) is 3.48. The van der Waals surface area contributed by atoms with Gasteiger partial charge in [0.15, 0.2) is 0 Å². The Kier molecular flexibility index (Phi) is 3.89. The van der Waals surface area contributed by atoms with Gasteiger partial charge in [-0.1, -0.05) is 18.7 Å². The number of imidazole rings is 1. The number of hydrogen-bond donors (Lipinski definition) is 1. The lowest BCUT2D eigenvalue weighted by molar-refractivity contribution is -0.111. The summed E-state index contributed by atoms with van der Waals surface area (Å²) in [5, 5.41) is 11.8. The first kappa shape index (κ1) is 14.5. The Bertz CT molecular complexity index is 916. The third-order valence-electron chi connectivity index (χ3n) is 3.48. The molecule has 0 radical (unpaired) electrons. The molecule has 5 heteroatoms. The van der Waals surface area contributed by atoms with Gasteiger partial charge in [0.25, 0.3) is 0 Å². The van der Waals surface area contributed by atoms with Gasteiger partial charge in [-0.05, 0) is 42.5 Å². The van der Waals surface area contributed by atoms with Gasteiger partial charge in [-0.2, -0.15) is 5.26 Å². The molecule has 0 fully saturated rings. The zero-order valence-electron chi connectivity index (χ0n) is 12.4. The van der Waals surface area contributed by atoms with Crippen LogP contribution in [0.25, 0.3) is 22.4 Å². The van der Waals surface area contributed by atoms with Gasteiger partial charge in [0.2, 0.25) is 5.91 Å². The van der Waals surface area contributed by atoms with Crippen molar-refractivity contribution in [1.29, 1.82) is 5.26 Å². The number of para-hydroxylation sites is 2. The number of amides is 1. The van der Waals surface area contributed by atoms with Gasteiger partial charge in [0.05, 0.1) is 17.1 Å². The summed E-state index contributed by atoms with van der Waals surface area (Å²) in [6, 6.07) is 17.2. The van der Waals surface area contributed by atoms with E-state index in [0.717, 1.165) is 22.4 Å². The Hall–Kier alpha value is -3.39. The van der Waals surface area contributed by atoms with Gasteiger partial charge in [-0.15, -0.1) is 0 Å². The summed E-state index contributed by atoms with van der Waals surface area (Å²) in [7, 11) is 0. The molecule has 3 rings (SSSR count). The molecule has 1 heterocycles. The van der Waals surface area contributed by atoms with Crippen LogP contribution in [0.5, 0.6) is 0 Å². The van der Waals surface area contributed by atoms with Crippen LogP contribution < -0.4 is 5.32 Å². The summed E-state index contributed by atoms with van der Waals surface area (Å²) in [5.41, 5.74) is 3.34. The second-order valence-electron chi connectivity index (χ2n) is 4.94. The maximum absolute atomic E-state index is 11.3. The van der Waals surface area contributed by atoms with Crippen molar-refractivity contribution in [2.45, 2.75) is 6.54 Å². The Morgan fingerprint density at radius 2 is 2.00 bits per heavy atom. The van der Waals surface area contributed by atoms with E-state index in [1.54, 1.807) is 12.1 Å². The highest BCUT2D eigenvalue weighted by Crippen LogP contribution is 2.25. The molecule has 0 aliphatic carbocycles. The van der Waals surface area contributed by atoms with E-state index < -0.39 is 0 Å². The Balaban J connectivity index is 2.03. The van der Waals surface area contributed by atoms with Gasteiger partial charge < -0.3 is 9.88 Å². The number of carbonyl (C=O) groups is 1. The number of carbonyl (C=O) groups excluding carboxylic acids is 1. The van der Waals surface area contributed by atoms with Crippen molar-refractivity contribution in [3.8, 4) is 17.5 Å². The predicted molar refractivity (Wildman–Crippen MR) is 89.6 cm³/mol. The van der Waals surface area contributed by atoms with Crippen LogP contribution in [0.2, 0.25) is 0 Å². The molecular weight excluding hydrogens is 288 g/mol. The minimum atomic E-state index is -0.255. The van der Waals surface area contributed by atoms with E-state index in [1.807, 2.05) is 41.0 Å². The van der Waals surface area contributed by atoms with Crippen molar-refractivity contribution in [2.24, 2.45) is 0 Å². The fourth-order valence-corrected chi connectivity index (χ4v) is 2.42. The Morgan fingerprint density at radius 1 is 1.26 bits per heavy atom. The molecule has 2 aromatic carbocycles. The molecular formula is C18H14N4O. The second-order valence-corrected chi connectivity index (χ2v) is 4.94. The maximum Gasteiger partial charge on any atom is 0.247 e. The molecule has 23 heavy (non-hydrogen) atoms. The minimum absolute atomic E-state index is 0.227. The van der Waals surface area contributed by atoms with Crippen LogP contribution in [0, 0.1) is 11.3 Å². The fraction of sp³-hybridized carbons (Fsp3) is 0.0556. The molecule has 1 amide bonds. The number of anilines is 1. The average molecular weight is 302 g/mol. The van der Waals surface area contributed by atoms with Gasteiger partial charge >= 0.3 is 0 Å². The summed E-state index contributed by atoms with van der Waals surface area (Å²) >= 11 is 0. The number of nitrogens with zero attached hydrogens (tertiary/aromatic N) is 3. The van der Waals surface area contributed by atoms with E-state index in [1.165, 1.54) is 6.08 Å². The van der Waals surface area contributed by atoms with Crippen LogP contribution in [-0.2, 0) is 11.3 Å². The highest BCUT2D eigenvalue weighted by molar-refractivity contribution is 5.99. The third kappa shape index (κ3) is 2.83. The number of aromatic nitrogens is 2. The van der Waals surface area contributed by atoms with Gasteiger partial charge in [-0.25, -0.2) is 4.98 Å². The number of rotatable bonds is 4. The smallest absolute Gasteiger partial charge is 0.247 e. The van der Waals surface area contributed by atoms with Crippen molar-refractivity contribution in [2.75, 3.05) is 5.32 Å². The van der Waals surface area contributed by atoms with Crippen molar-refractivity contribution in [3.63, 3.8) is 0 Å². The normalized spacial score (nSPS) is 10.2. The lowest BCUT2D eigenvalue weighted by Gasteiger charge is -2.06. The number of hydrogen-bond acceptors (Lipinski definition) is 3. The van der Waals surface area contributed by atoms with Crippen molar-refractivity contribution in [1.82, 2.24) is 9.55 Å². The lowest BCUT2D eigenvalue weighted by Crippen LogP contribution is -2.07. The topological polar surface area (TPSA) is 70.7 Å². The van der Waals surface area contributed by atoms with Crippen LogP contribution in [0.15, 0.2) is 61.2 Å². The van der Waals surface area contributed by atoms with E-state index in [-0.39, 0.29) is 12.5 Å². The van der Waals surface area contributed by atoms with Crippen molar-refractivity contribution in [3.05, 3.63) is 61.2 Å². The van der Waals surface area contributed by atoms with E-state index in [2.05, 4.69) is 22.9 Å². The van der Waals surface area contributed by atoms with E-state index in [0.29, 0.717) is 5.69 Å². The molecule has 0 spiro atoms. The zero-order valence-corrected chi connectivity index (χ0v) is 12.4. The SMILES string of the molecule is C=CC(=O)Nc1ccc(-c2nc3ccccc3n2CC#N)cc1. The molecule has 1 N–H and O–H groups in total. The number of fused-ring (bicyclic) bond motifs is 1. The second kappa shape index (κ2) is 6.16. The molecule has 1 aromatic heterocycles. The fourth-order valence-electron chi connectivity index (χ4n) is 2.42. The molecule has 0 aliphatic rings. The highest BCUT2D eigenvalue weighted by Gasteiger charge is 2.12.